The Labute approximate surface area is 191 Å². The number of aromatic nitrogens is 1. The minimum absolute atomic E-state index is 0. The Morgan fingerprint density at radius 3 is 2.48 bits per heavy atom. The van der Waals surface area contributed by atoms with Gasteiger partial charge in [0.2, 0.25) is 0 Å². The van der Waals surface area contributed by atoms with Gasteiger partial charge in [0.1, 0.15) is 11.5 Å². The molecule has 0 fully saturated rings. The van der Waals surface area contributed by atoms with Gasteiger partial charge in [0, 0.05) is 30.1 Å². The normalized spacial score (nSPS) is 12.5. The molecule has 0 amide bonds. The van der Waals surface area contributed by atoms with Crippen LogP contribution in [0.4, 0.5) is 0 Å². The smallest absolute Gasteiger partial charge is 0.191 e. The van der Waals surface area contributed by atoms with Crippen LogP contribution >= 0.6 is 24.0 Å². The Hall–Kier alpha value is -1.77. The van der Waals surface area contributed by atoms with E-state index in [1.165, 1.54) is 5.56 Å². The number of benzene rings is 1. The SMILES string of the molecule is CCNC(=NCc1ccc(C)cc1OC(C)C)NCC(C)c1c(C)noc1C.I. The monoisotopic (exact) mass is 514 g/mol. The summed E-state index contributed by atoms with van der Waals surface area (Å²) in [4.78, 5) is 4.75. The number of halogens is 1. The third kappa shape index (κ3) is 7.53. The molecule has 0 aliphatic rings. The minimum atomic E-state index is 0. The lowest BCUT2D eigenvalue weighted by molar-refractivity contribution is 0.240. The van der Waals surface area contributed by atoms with Gasteiger partial charge in [0.25, 0.3) is 0 Å². The first-order chi connectivity index (χ1) is 13.3. The third-order valence-corrected chi connectivity index (χ3v) is 4.49. The molecule has 0 aliphatic carbocycles. The Balaban J connectivity index is 0.00000420. The van der Waals surface area contributed by atoms with Gasteiger partial charge in [-0.3, -0.25) is 0 Å². The Morgan fingerprint density at radius 1 is 1.17 bits per heavy atom. The number of aryl methyl sites for hydroxylation is 3. The molecule has 0 bridgehead atoms. The van der Waals surface area contributed by atoms with E-state index in [0.717, 1.165) is 47.4 Å². The summed E-state index contributed by atoms with van der Waals surface area (Å²) in [5.41, 5.74) is 4.37. The van der Waals surface area contributed by atoms with Crippen molar-refractivity contribution in [1.29, 1.82) is 0 Å². The average molecular weight is 514 g/mol. The highest BCUT2D eigenvalue weighted by Gasteiger charge is 2.16. The summed E-state index contributed by atoms with van der Waals surface area (Å²) in [6, 6.07) is 6.26. The maximum atomic E-state index is 5.96. The van der Waals surface area contributed by atoms with Gasteiger partial charge in [-0.05, 0) is 53.2 Å². The zero-order valence-electron chi connectivity index (χ0n) is 18.6. The fourth-order valence-electron chi connectivity index (χ4n) is 3.21. The van der Waals surface area contributed by atoms with Crippen LogP contribution in [0.3, 0.4) is 0 Å². The molecule has 162 valence electrons. The molecule has 7 heteroatoms. The highest BCUT2D eigenvalue weighted by Crippen LogP contribution is 2.23. The Morgan fingerprint density at radius 2 is 1.90 bits per heavy atom. The van der Waals surface area contributed by atoms with Crippen LogP contribution in [0, 0.1) is 20.8 Å². The molecule has 1 unspecified atom stereocenters. The quantitative estimate of drug-likeness (QED) is 0.299. The average Bonchev–Trinajstić information content (AvgIpc) is 2.96. The number of nitrogens with one attached hydrogen (secondary N) is 2. The van der Waals surface area contributed by atoms with Crippen LogP contribution in [0.15, 0.2) is 27.7 Å². The number of nitrogens with zero attached hydrogens (tertiary/aromatic N) is 2. The molecule has 0 spiro atoms. The molecule has 0 aliphatic heterocycles. The topological polar surface area (TPSA) is 71.7 Å². The lowest BCUT2D eigenvalue weighted by Gasteiger charge is -2.17. The van der Waals surface area contributed by atoms with E-state index in [0.29, 0.717) is 6.54 Å². The summed E-state index contributed by atoms with van der Waals surface area (Å²) in [6.07, 6.45) is 0.131. The number of rotatable bonds is 8. The minimum Gasteiger partial charge on any atom is -0.491 e. The molecule has 29 heavy (non-hydrogen) atoms. The molecule has 0 saturated heterocycles. The fraction of sp³-hybridized carbons (Fsp3) is 0.545. The highest BCUT2D eigenvalue weighted by atomic mass is 127. The van der Waals surface area contributed by atoms with Gasteiger partial charge in [0.15, 0.2) is 5.96 Å². The fourth-order valence-corrected chi connectivity index (χ4v) is 3.21. The van der Waals surface area contributed by atoms with E-state index in [1.54, 1.807) is 0 Å². The van der Waals surface area contributed by atoms with Gasteiger partial charge in [-0.25, -0.2) is 4.99 Å². The number of aliphatic imine (C=N–C) groups is 1. The predicted octanol–water partition coefficient (Wildman–Crippen LogP) is 4.86. The van der Waals surface area contributed by atoms with Crippen LogP contribution in [0.25, 0.3) is 0 Å². The first-order valence-electron chi connectivity index (χ1n) is 10.0. The van der Waals surface area contributed by atoms with Gasteiger partial charge in [-0.1, -0.05) is 24.2 Å². The molecule has 0 radical (unpaired) electrons. The number of hydrogen-bond acceptors (Lipinski definition) is 4. The maximum Gasteiger partial charge on any atom is 0.191 e. The second-order valence-electron chi connectivity index (χ2n) is 7.49. The van der Waals surface area contributed by atoms with Crippen molar-refractivity contribution in [2.75, 3.05) is 13.1 Å². The van der Waals surface area contributed by atoms with Crippen LogP contribution in [0.5, 0.6) is 5.75 Å². The molecule has 0 saturated carbocycles. The molecule has 1 aromatic carbocycles. The standard InChI is InChI=1S/C22H34N4O2.HI/c1-8-23-22(24-12-16(5)21-17(6)26-28-18(21)7)25-13-19-10-9-15(4)11-20(19)27-14(2)3;/h9-11,14,16H,8,12-13H2,1-7H3,(H2,23,24,25);1H. The lowest BCUT2D eigenvalue weighted by atomic mass is 10.00. The molecule has 1 aromatic heterocycles. The van der Waals surface area contributed by atoms with E-state index in [4.69, 9.17) is 14.3 Å². The van der Waals surface area contributed by atoms with Crippen LogP contribution in [0.2, 0.25) is 0 Å². The number of hydrogen-bond donors (Lipinski definition) is 2. The molecule has 6 nitrogen and oxygen atoms in total. The van der Waals surface area contributed by atoms with Crippen molar-refractivity contribution < 1.29 is 9.26 Å². The third-order valence-electron chi connectivity index (χ3n) is 4.49. The molecule has 1 heterocycles. The van der Waals surface area contributed by atoms with Crippen molar-refractivity contribution >= 4 is 29.9 Å². The van der Waals surface area contributed by atoms with Crippen molar-refractivity contribution in [3.63, 3.8) is 0 Å². The van der Waals surface area contributed by atoms with Crippen molar-refractivity contribution in [1.82, 2.24) is 15.8 Å². The number of ether oxygens (including phenoxy) is 1. The molecule has 2 N–H and O–H groups in total. The van der Waals surface area contributed by atoms with E-state index in [-0.39, 0.29) is 36.0 Å². The van der Waals surface area contributed by atoms with Crippen molar-refractivity contribution in [3.05, 3.63) is 46.3 Å². The van der Waals surface area contributed by atoms with E-state index in [9.17, 15) is 0 Å². The largest absolute Gasteiger partial charge is 0.491 e. The summed E-state index contributed by atoms with van der Waals surface area (Å²) in [6.45, 7) is 16.4. The van der Waals surface area contributed by atoms with Crippen molar-refractivity contribution in [3.8, 4) is 5.75 Å². The van der Waals surface area contributed by atoms with Gasteiger partial charge < -0.3 is 19.9 Å². The second-order valence-corrected chi connectivity index (χ2v) is 7.49. The summed E-state index contributed by atoms with van der Waals surface area (Å²) in [5.74, 6) is 2.84. The summed E-state index contributed by atoms with van der Waals surface area (Å²) in [7, 11) is 0. The zero-order valence-corrected chi connectivity index (χ0v) is 21.0. The molecular formula is C22H35IN4O2. The van der Waals surface area contributed by atoms with E-state index >= 15 is 0 Å². The van der Waals surface area contributed by atoms with E-state index < -0.39 is 0 Å². The van der Waals surface area contributed by atoms with Crippen molar-refractivity contribution in [2.24, 2.45) is 4.99 Å². The van der Waals surface area contributed by atoms with Crippen LogP contribution in [0.1, 0.15) is 61.8 Å². The predicted molar refractivity (Wildman–Crippen MR) is 130 cm³/mol. The van der Waals surface area contributed by atoms with E-state index in [1.807, 2.05) is 27.7 Å². The van der Waals surface area contributed by atoms with Crippen LogP contribution in [-0.4, -0.2) is 30.3 Å². The van der Waals surface area contributed by atoms with Crippen LogP contribution < -0.4 is 15.4 Å². The molecule has 1 atom stereocenters. The maximum absolute atomic E-state index is 5.96. The van der Waals surface area contributed by atoms with Crippen LogP contribution in [-0.2, 0) is 6.54 Å². The number of guanidine groups is 1. The Kier molecular flexibility index (Phi) is 10.5. The molecule has 2 aromatic rings. The van der Waals surface area contributed by atoms with Gasteiger partial charge in [0.05, 0.1) is 18.3 Å². The molecular weight excluding hydrogens is 479 g/mol. The summed E-state index contributed by atoms with van der Waals surface area (Å²) < 4.78 is 11.3. The second kappa shape index (κ2) is 12.0. The van der Waals surface area contributed by atoms with E-state index in [2.05, 4.69) is 54.8 Å². The van der Waals surface area contributed by atoms with Gasteiger partial charge in [-0.15, -0.1) is 24.0 Å². The lowest BCUT2D eigenvalue weighted by Crippen LogP contribution is -2.39. The molecule has 2 rings (SSSR count). The summed E-state index contributed by atoms with van der Waals surface area (Å²) in [5, 5.41) is 10.8. The first kappa shape index (κ1) is 25.3. The summed E-state index contributed by atoms with van der Waals surface area (Å²) >= 11 is 0. The zero-order chi connectivity index (χ0) is 20.7. The van der Waals surface area contributed by atoms with Crippen molar-refractivity contribution in [2.45, 2.75) is 67.0 Å². The highest BCUT2D eigenvalue weighted by molar-refractivity contribution is 14.0. The Bertz CT molecular complexity index is 783. The van der Waals surface area contributed by atoms with Gasteiger partial charge in [-0.2, -0.15) is 0 Å². The first-order valence-corrected chi connectivity index (χ1v) is 10.0. The van der Waals surface area contributed by atoms with Gasteiger partial charge >= 0.3 is 0 Å².